The van der Waals surface area contributed by atoms with Crippen molar-refractivity contribution in [2.24, 2.45) is 0 Å². The molecule has 0 spiro atoms. The minimum absolute atomic E-state index is 0.322. The second kappa shape index (κ2) is 2.19. The third-order valence-corrected chi connectivity index (χ3v) is 1.19. The monoisotopic (exact) mass is 143 g/mol. The van der Waals surface area contributed by atoms with Crippen LogP contribution in [0.15, 0.2) is 6.20 Å². The van der Waals surface area contributed by atoms with E-state index in [9.17, 15) is 0 Å². The summed E-state index contributed by atoms with van der Waals surface area (Å²) in [6.45, 7) is 1.76. The Kier molecular flexibility index (Phi) is 1.53. The molecule has 1 rings (SSSR count). The summed E-state index contributed by atoms with van der Waals surface area (Å²) in [5.41, 5.74) is 5.75. The smallest absolute Gasteiger partial charge is 0.155 e. The zero-order chi connectivity index (χ0) is 6.85. The first-order chi connectivity index (χ1) is 4.20. The van der Waals surface area contributed by atoms with Crippen LogP contribution < -0.4 is 5.73 Å². The topological polar surface area (TPSA) is 51.8 Å². The Morgan fingerprint density at radius 2 is 2.33 bits per heavy atom. The summed E-state index contributed by atoms with van der Waals surface area (Å²) in [4.78, 5) is 7.62. The van der Waals surface area contributed by atoms with Crippen LogP contribution in [0.5, 0.6) is 0 Å². The molecule has 0 atom stereocenters. The number of halogens is 1. The van der Waals surface area contributed by atoms with Gasteiger partial charge in [-0.05, 0) is 6.92 Å². The van der Waals surface area contributed by atoms with E-state index in [1.54, 1.807) is 6.92 Å². The first kappa shape index (κ1) is 6.29. The van der Waals surface area contributed by atoms with Crippen molar-refractivity contribution >= 4 is 17.3 Å². The number of aromatic nitrogens is 2. The third kappa shape index (κ3) is 1.29. The van der Waals surface area contributed by atoms with Gasteiger partial charge in [0.25, 0.3) is 0 Å². The summed E-state index contributed by atoms with van der Waals surface area (Å²) in [6.07, 6.45) is 1.49. The van der Waals surface area contributed by atoms with Gasteiger partial charge in [0.2, 0.25) is 0 Å². The largest absolute Gasteiger partial charge is 0.395 e. The van der Waals surface area contributed by atoms with Crippen molar-refractivity contribution in [3.05, 3.63) is 17.2 Å². The second-order valence-corrected chi connectivity index (χ2v) is 2.02. The molecule has 0 aliphatic rings. The molecular formula is C5H6ClN3. The van der Waals surface area contributed by atoms with E-state index in [1.165, 1.54) is 6.20 Å². The van der Waals surface area contributed by atoms with E-state index in [4.69, 9.17) is 17.3 Å². The quantitative estimate of drug-likeness (QED) is 0.552. The van der Waals surface area contributed by atoms with Gasteiger partial charge in [-0.2, -0.15) is 0 Å². The van der Waals surface area contributed by atoms with Crippen molar-refractivity contribution in [1.29, 1.82) is 0 Å². The van der Waals surface area contributed by atoms with E-state index < -0.39 is 0 Å². The Morgan fingerprint density at radius 3 is 2.78 bits per heavy atom. The highest BCUT2D eigenvalue weighted by molar-refractivity contribution is 6.31. The second-order valence-electron chi connectivity index (χ2n) is 1.66. The number of nitrogens with zero attached hydrogens (tertiary/aromatic N) is 2. The number of nitrogen functional groups attached to an aromatic ring is 1. The fraction of sp³-hybridized carbons (Fsp3) is 0.200. The minimum atomic E-state index is 0.322. The first-order valence-electron chi connectivity index (χ1n) is 2.45. The molecule has 0 aromatic carbocycles. The molecule has 1 aromatic heterocycles. The fourth-order valence-electron chi connectivity index (χ4n) is 0.452. The molecule has 0 saturated heterocycles. The molecule has 1 aromatic rings. The van der Waals surface area contributed by atoms with Gasteiger partial charge in [-0.15, -0.1) is 0 Å². The minimum Gasteiger partial charge on any atom is -0.395 e. The first-order valence-corrected chi connectivity index (χ1v) is 2.82. The number of hydrogen-bond acceptors (Lipinski definition) is 3. The highest BCUT2D eigenvalue weighted by Gasteiger charge is 1.95. The van der Waals surface area contributed by atoms with E-state index in [0.717, 1.165) is 0 Å². The zero-order valence-corrected chi connectivity index (χ0v) is 5.68. The number of rotatable bonds is 0. The molecule has 0 saturated carbocycles. The number of hydrogen-bond donors (Lipinski definition) is 1. The highest BCUT2D eigenvalue weighted by atomic mass is 35.5. The van der Waals surface area contributed by atoms with Crippen LogP contribution in [0.4, 0.5) is 5.69 Å². The lowest BCUT2D eigenvalue weighted by Crippen LogP contribution is -1.93. The lowest BCUT2D eigenvalue weighted by molar-refractivity contribution is 1.06. The Balaban J connectivity index is 3.17. The van der Waals surface area contributed by atoms with Crippen molar-refractivity contribution in [2.75, 3.05) is 5.73 Å². The highest BCUT2D eigenvalue weighted by Crippen LogP contribution is 2.12. The van der Waals surface area contributed by atoms with Crippen LogP contribution in [0.3, 0.4) is 0 Å². The normalized spacial score (nSPS) is 9.56. The summed E-state index contributed by atoms with van der Waals surface area (Å²) in [7, 11) is 0. The van der Waals surface area contributed by atoms with E-state index in [0.29, 0.717) is 16.7 Å². The fourth-order valence-corrected chi connectivity index (χ4v) is 0.623. The summed E-state index contributed by atoms with van der Waals surface area (Å²) in [5.74, 6) is 0.634. The van der Waals surface area contributed by atoms with Gasteiger partial charge >= 0.3 is 0 Å². The average Bonchev–Trinajstić information content (AvgIpc) is 1.80. The molecule has 0 amide bonds. The van der Waals surface area contributed by atoms with E-state index in [-0.39, 0.29) is 0 Å². The third-order valence-electron chi connectivity index (χ3n) is 0.889. The lowest BCUT2D eigenvalue weighted by atomic mass is 10.5. The molecule has 0 bridgehead atoms. The molecule has 3 nitrogen and oxygen atoms in total. The van der Waals surface area contributed by atoms with Crippen molar-refractivity contribution in [2.45, 2.75) is 6.92 Å². The van der Waals surface area contributed by atoms with Crippen LogP contribution in [0.1, 0.15) is 5.82 Å². The van der Waals surface area contributed by atoms with Crippen molar-refractivity contribution in [3.8, 4) is 0 Å². The molecule has 0 unspecified atom stereocenters. The molecule has 0 aliphatic heterocycles. The van der Waals surface area contributed by atoms with Crippen molar-refractivity contribution in [3.63, 3.8) is 0 Å². The molecule has 0 fully saturated rings. The van der Waals surface area contributed by atoms with Crippen LogP contribution in [0.25, 0.3) is 0 Å². The van der Waals surface area contributed by atoms with Gasteiger partial charge in [-0.25, -0.2) is 9.97 Å². The van der Waals surface area contributed by atoms with E-state index in [1.807, 2.05) is 0 Å². The summed E-state index contributed by atoms with van der Waals surface area (Å²) in [6, 6.07) is 0. The molecular weight excluding hydrogens is 138 g/mol. The number of anilines is 1. The Labute approximate surface area is 57.9 Å². The molecule has 0 radical (unpaired) electrons. The molecule has 0 aliphatic carbocycles. The standard InChI is InChI=1S/C5H6ClN3/c1-3-8-2-4(7)5(6)9-3/h2H,7H2,1H3. The van der Waals surface area contributed by atoms with Crippen LogP contribution >= 0.6 is 11.6 Å². The van der Waals surface area contributed by atoms with E-state index in [2.05, 4.69) is 9.97 Å². The Morgan fingerprint density at radius 1 is 1.67 bits per heavy atom. The molecule has 2 N–H and O–H groups in total. The Bertz CT molecular complexity index is 223. The Hall–Kier alpha value is -0.830. The number of aryl methyl sites for hydroxylation is 1. The van der Waals surface area contributed by atoms with Crippen LogP contribution in [0.2, 0.25) is 5.15 Å². The van der Waals surface area contributed by atoms with Crippen LogP contribution in [-0.2, 0) is 0 Å². The van der Waals surface area contributed by atoms with Gasteiger partial charge in [0.05, 0.1) is 11.9 Å². The lowest BCUT2D eigenvalue weighted by Gasteiger charge is -1.94. The number of nitrogens with two attached hydrogens (primary N) is 1. The summed E-state index contributed by atoms with van der Waals surface area (Å²) in [5, 5.41) is 0.322. The summed E-state index contributed by atoms with van der Waals surface area (Å²) >= 11 is 5.54. The maximum atomic E-state index is 5.54. The molecule has 1 heterocycles. The van der Waals surface area contributed by atoms with Gasteiger partial charge in [0, 0.05) is 0 Å². The van der Waals surface area contributed by atoms with Gasteiger partial charge in [-0.3, -0.25) is 0 Å². The molecule has 9 heavy (non-hydrogen) atoms. The van der Waals surface area contributed by atoms with Gasteiger partial charge in [-0.1, -0.05) is 11.6 Å². The van der Waals surface area contributed by atoms with Gasteiger partial charge < -0.3 is 5.73 Å². The molecule has 48 valence electrons. The van der Waals surface area contributed by atoms with Crippen molar-refractivity contribution < 1.29 is 0 Å². The predicted molar refractivity (Wildman–Crippen MR) is 36.2 cm³/mol. The SMILES string of the molecule is Cc1ncc(N)c(Cl)n1. The van der Waals surface area contributed by atoms with Crippen LogP contribution in [-0.4, -0.2) is 9.97 Å². The molecule has 4 heteroatoms. The predicted octanol–water partition coefficient (Wildman–Crippen LogP) is 1.02. The van der Waals surface area contributed by atoms with Crippen molar-refractivity contribution in [1.82, 2.24) is 9.97 Å². The maximum Gasteiger partial charge on any atom is 0.155 e. The van der Waals surface area contributed by atoms with Crippen LogP contribution in [0, 0.1) is 6.92 Å². The van der Waals surface area contributed by atoms with E-state index >= 15 is 0 Å². The van der Waals surface area contributed by atoms with Gasteiger partial charge in [0.15, 0.2) is 5.15 Å². The zero-order valence-electron chi connectivity index (χ0n) is 4.93. The summed E-state index contributed by atoms with van der Waals surface area (Å²) < 4.78 is 0. The average molecular weight is 144 g/mol. The van der Waals surface area contributed by atoms with Gasteiger partial charge in [0.1, 0.15) is 5.82 Å². The maximum absolute atomic E-state index is 5.54.